The van der Waals surface area contributed by atoms with Crippen LogP contribution in [-0.4, -0.2) is 15.9 Å². The molecule has 1 fully saturated rings. The number of hydrogen-bond acceptors (Lipinski definition) is 3. The van der Waals surface area contributed by atoms with Crippen molar-refractivity contribution in [2.24, 2.45) is 0 Å². The number of nitrogens with zero attached hydrogens (tertiary/aromatic N) is 2. The molecule has 0 aliphatic heterocycles. The van der Waals surface area contributed by atoms with Gasteiger partial charge in [-0.15, -0.1) is 0 Å². The number of carbonyl (C=O) groups is 1. The molecule has 0 bridgehead atoms. The Kier molecular flexibility index (Phi) is 3.22. The van der Waals surface area contributed by atoms with E-state index in [4.69, 9.17) is 0 Å². The van der Waals surface area contributed by atoms with Gasteiger partial charge in [-0.3, -0.25) is 4.79 Å². The van der Waals surface area contributed by atoms with Gasteiger partial charge in [0, 0.05) is 6.20 Å². The second-order valence-electron chi connectivity index (χ2n) is 5.23. The molecule has 0 radical (unpaired) electrons. The van der Waals surface area contributed by atoms with Crippen LogP contribution in [0, 0.1) is 6.92 Å². The summed E-state index contributed by atoms with van der Waals surface area (Å²) < 4.78 is 0. The first-order valence-electron chi connectivity index (χ1n) is 6.83. The van der Waals surface area contributed by atoms with E-state index in [1.54, 1.807) is 6.20 Å². The predicted octanol–water partition coefficient (Wildman–Crippen LogP) is 2.13. The Morgan fingerprint density at radius 3 is 2.65 bits per heavy atom. The number of benzene rings is 1. The first-order valence-corrected chi connectivity index (χ1v) is 6.83. The number of hydrogen-bond donors (Lipinski definition) is 1. The summed E-state index contributed by atoms with van der Waals surface area (Å²) >= 11 is 0. The van der Waals surface area contributed by atoms with Crippen LogP contribution in [0.5, 0.6) is 0 Å². The third kappa shape index (κ3) is 2.41. The van der Waals surface area contributed by atoms with E-state index in [0.717, 1.165) is 29.9 Å². The third-order valence-electron chi connectivity index (χ3n) is 3.77. The molecule has 1 aliphatic carbocycles. The molecule has 1 saturated carbocycles. The Labute approximate surface area is 118 Å². The zero-order valence-corrected chi connectivity index (χ0v) is 11.5. The van der Waals surface area contributed by atoms with Crippen LogP contribution in [0.4, 0.5) is 0 Å². The number of carbonyl (C=O) groups excluding carboxylic acids is 1. The highest BCUT2D eigenvalue weighted by Crippen LogP contribution is 2.48. The molecule has 0 spiro atoms. The van der Waals surface area contributed by atoms with E-state index in [2.05, 4.69) is 15.3 Å². The second kappa shape index (κ2) is 5.04. The largest absolute Gasteiger partial charge is 0.350 e. The fraction of sp³-hybridized carbons (Fsp3) is 0.312. The van der Waals surface area contributed by atoms with Gasteiger partial charge in [-0.25, -0.2) is 9.97 Å². The third-order valence-corrected chi connectivity index (χ3v) is 3.77. The van der Waals surface area contributed by atoms with Crippen LogP contribution in [0.3, 0.4) is 0 Å². The highest BCUT2D eigenvalue weighted by molar-refractivity contribution is 5.91. The molecule has 1 aromatic carbocycles. The highest BCUT2D eigenvalue weighted by Gasteiger charge is 2.50. The Morgan fingerprint density at radius 2 is 2.00 bits per heavy atom. The van der Waals surface area contributed by atoms with Crippen molar-refractivity contribution in [3.63, 3.8) is 0 Å². The van der Waals surface area contributed by atoms with E-state index in [1.165, 1.54) is 0 Å². The molecule has 102 valence electrons. The van der Waals surface area contributed by atoms with Crippen molar-refractivity contribution in [3.8, 4) is 0 Å². The molecule has 0 saturated heterocycles. The summed E-state index contributed by atoms with van der Waals surface area (Å²) in [6.45, 7) is 2.30. The standard InChI is InChI=1S/C16H17N3O/c1-12-17-10-7-14(19-12)11-18-15(20)16(8-9-16)13-5-3-2-4-6-13/h2-7,10H,8-9,11H2,1H3,(H,18,20). The van der Waals surface area contributed by atoms with Crippen molar-refractivity contribution in [2.75, 3.05) is 0 Å². The minimum atomic E-state index is -0.316. The first-order chi connectivity index (χ1) is 9.71. The molecule has 1 heterocycles. The summed E-state index contributed by atoms with van der Waals surface area (Å²) in [7, 11) is 0. The number of aryl methyl sites for hydroxylation is 1. The summed E-state index contributed by atoms with van der Waals surface area (Å²) in [5.74, 6) is 0.820. The van der Waals surface area contributed by atoms with Crippen LogP contribution in [0.15, 0.2) is 42.6 Å². The Bertz CT molecular complexity index is 621. The number of aromatic nitrogens is 2. The van der Waals surface area contributed by atoms with Crippen molar-refractivity contribution >= 4 is 5.91 Å². The van der Waals surface area contributed by atoms with E-state index in [-0.39, 0.29) is 11.3 Å². The van der Waals surface area contributed by atoms with Gasteiger partial charge in [-0.05, 0) is 31.4 Å². The maximum Gasteiger partial charge on any atom is 0.230 e. The molecular formula is C16H17N3O. The quantitative estimate of drug-likeness (QED) is 0.923. The van der Waals surface area contributed by atoms with Gasteiger partial charge >= 0.3 is 0 Å². The van der Waals surface area contributed by atoms with Gasteiger partial charge in [0.2, 0.25) is 5.91 Å². The van der Waals surface area contributed by atoms with Crippen molar-refractivity contribution < 1.29 is 4.79 Å². The maximum atomic E-state index is 12.4. The minimum Gasteiger partial charge on any atom is -0.350 e. The summed E-state index contributed by atoms with van der Waals surface area (Å²) in [4.78, 5) is 20.8. The van der Waals surface area contributed by atoms with Crippen LogP contribution in [-0.2, 0) is 16.8 Å². The summed E-state index contributed by atoms with van der Waals surface area (Å²) in [5, 5.41) is 3.00. The van der Waals surface area contributed by atoms with Crippen LogP contribution in [0.1, 0.15) is 29.9 Å². The first kappa shape index (κ1) is 12.8. The van der Waals surface area contributed by atoms with Crippen LogP contribution in [0.2, 0.25) is 0 Å². The molecule has 1 aromatic heterocycles. The minimum absolute atomic E-state index is 0.0972. The number of nitrogens with one attached hydrogen (secondary N) is 1. The van der Waals surface area contributed by atoms with Gasteiger partial charge in [0.05, 0.1) is 17.7 Å². The molecule has 3 rings (SSSR count). The normalized spacial score (nSPS) is 15.7. The fourth-order valence-corrected chi connectivity index (χ4v) is 2.47. The summed E-state index contributed by atoms with van der Waals surface area (Å²) in [5.41, 5.74) is 1.63. The lowest BCUT2D eigenvalue weighted by molar-refractivity contribution is -0.123. The van der Waals surface area contributed by atoms with E-state index in [0.29, 0.717) is 6.54 Å². The highest BCUT2D eigenvalue weighted by atomic mass is 16.2. The lowest BCUT2D eigenvalue weighted by atomic mass is 9.95. The Hall–Kier alpha value is -2.23. The van der Waals surface area contributed by atoms with E-state index < -0.39 is 0 Å². The monoisotopic (exact) mass is 267 g/mol. The fourth-order valence-electron chi connectivity index (χ4n) is 2.47. The van der Waals surface area contributed by atoms with Gasteiger partial charge in [-0.1, -0.05) is 30.3 Å². The van der Waals surface area contributed by atoms with E-state index >= 15 is 0 Å². The molecule has 1 amide bonds. The number of amides is 1. The molecule has 0 unspecified atom stereocenters. The van der Waals surface area contributed by atoms with Crippen LogP contribution >= 0.6 is 0 Å². The van der Waals surface area contributed by atoms with Crippen molar-refractivity contribution in [2.45, 2.75) is 31.7 Å². The van der Waals surface area contributed by atoms with Crippen LogP contribution in [0.25, 0.3) is 0 Å². The molecular weight excluding hydrogens is 250 g/mol. The maximum absolute atomic E-state index is 12.4. The van der Waals surface area contributed by atoms with Gasteiger partial charge in [0.25, 0.3) is 0 Å². The van der Waals surface area contributed by atoms with Crippen LogP contribution < -0.4 is 5.32 Å². The second-order valence-corrected chi connectivity index (χ2v) is 5.23. The van der Waals surface area contributed by atoms with Crippen molar-refractivity contribution in [1.82, 2.24) is 15.3 Å². The van der Waals surface area contributed by atoms with E-state index in [1.807, 2.05) is 43.3 Å². The molecule has 2 aromatic rings. The average Bonchev–Trinajstić information content (AvgIpc) is 3.27. The lowest BCUT2D eigenvalue weighted by Gasteiger charge is -2.15. The summed E-state index contributed by atoms with van der Waals surface area (Å²) in [6, 6.07) is 11.8. The Balaban J connectivity index is 1.68. The number of rotatable bonds is 4. The molecule has 1 N–H and O–H groups in total. The molecule has 20 heavy (non-hydrogen) atoms. The van der Waals surface area contributed by atoms with Gasteiger partial charge < -0.3 is 5.32 Å². The zero-order valence-electron chi connectivity index (χ0n) is 11.5. The Morgan fingerprint density at radius 1 is 1.25 bits per heavy atom. The van der Waals surface area contributed by atoms with Gasteiger partial charge in [0.1, 0.15) is 5.82 Å². The molecule has 4 nitrogen and oxygen atoms in total. The lowest BCUT2D eigenvalue weighted by Crippen LogP contribution is -2.34. The van der Waals surface area contributed by atoms with Crippen molar-refractivity contribution in [3.05, 3.63) is 59.7 Å². The molecule has 1 aliphatic rings. The zero-order chi connectivity index (χ0) is 14.0. The topological polar surface area (TPSA) is 54.9 Å². The van der Waals surface area contributed by atoms with Gasteiger partial charge in [-0.2, -0.15) is 0 Å². The molecule has 0 atom stereocenters. The average molecular weight is 267 g/mol. The smallest absolute Gasteiger partial charge is 0.230 e. The van der Waals surface area contributed by atoms with Crippen molar-refractivity contribution in [1.29, 1.82) is 0 Å². The molecule has 4 heteroatoms. The summed E-state index contributed by atoms with van der Waals surface area (Å²) in [6.07, 6.45) is 3.56. The van der Waals surface area contributed by atoms with Gasteiger partial charge in [0.15, 0.2) is 0 Å². The SMILES string of the molecule is Cc1nccc(CNC(=O)C2(c3ccccc3)CC2)n1. The predicted molar refractivity (Wildman–Crippen MR) is 76.0 cm³/mol. The van der Waals surface area contributed by atoms with E-state index in [9.17, 15) is 4.79 Å².